The van der Waals surface area contributed by atoms with Crippen molar-refractivity contribution in [2.24, 2.45) is 5.73 Å². The van der Waals surface area contributed by atoms with Gasteiger partial charge in [-0.2, -0.15) is 4.98 Å². The summed E-state index contributed by atoms with van der Waals surface area (Å²) in [6, 6.07) is 5.67. The van der Waals surface area contributed by atoms with Gasteiger partial charge in [-0.15, -0.1) is 0 Å². The summed E-state index contributed by atoms with van der Waals surface area (Å²) in [5.74, 6) is 1.93. The second kappa shape index (κ2) is 6.37. The van der Waals surface area contributed by atoms with E-state index in [9.17, 15) is 0 Å². The van der Waals surface area contributed by atoms with Gasteiger partial charge in [-0.3, -0.25) is 0 Å². The van der Waals surface area contributed by atoms with Crippen LogP contribution in [0.5, 0.6) is 5.75 Å². The summed E-state index contributed by atoms with van der Waals surface area (Å²) in [6.45, 7) is 4.04. The van der Waals surface area contributed by atoms with E-state index >= 15 is 0 Å². The van der Waals surface area contributed by atoms with Gasteiger partial charge in [-0.05, 0) is 40.5 Å². The van der Waals surface area contributed by atoms with Gasteiger partial charge >= 0.3 is 0 Å². The summed E-state index contributed by atoms with van der Waals surface area (Å²) in [7, 11) is 1.63. The molecule has 0 radical (unpaired) electrons. The second-order valence-corrected chi connectivity index (χ2v) is 5.52. The number of methoxy groups -OCH3 is 1. The fraction of sp³-hybridized carbons (Fsp3) is 0.429. The van der Waals surface area contributed by atoms with Crippen LogP contribution in [0.4, 0.5) is 0 Å². The normalized spacial score (nSPS) is 14.1. The summed E-state index contributed by atoms with van der Waals surface area (Å²) in [4.78, 5) is 4.43. The first-order valence-electron chi connectivity index (χ1n) is 6.49. The van der Waals surface area contributed by atoms with Crippen molar-refractivity contribution in [2.45, 2.75) is 32.2 Å². The van der Waals surface area contributed by atoms with Gasteiger partial charge in [-0.1, -0.05) is 19.0 Å². The Morgan fingerprint density at radius 1 is 1.45 bits per heavy atom. The summed E-state index contributed by atoms with van der Waals surface area (Å²) in [6.07, 6.45) is 0.868. The number of nitrogens with zero attached hydrogens (tertiary/aromatic N) is 2. The predicted molar refractivity (Wildman–Crippen MR) is 80.7 cm³/mol. The fourth-order valence-electron chi connectivity index (χ4n) is 1.88. The predicted octanol–water partition coefficient (Wildman–Crippen LogP) is 3.35. The lowest BCUT2D eigenvalue weighted by molar-refractivity contribution is 0.340. The minimum Gasteiger partial charge on any atom is -0.496 e. The van der Waals surface area contributed by atoms with Crippen LogP contribution in [0.25, 0.3) is 11.4 Å². The zero-order chi connectivity index (χ0) is 14.7. The molecule has 2 rings (SSSR count). The van der Waals surface area contributed by atoms with E-state index in [0.717, 1.165) is 22.2 Å². The van der Waals surface area contributed by atoms with E-state index in [1.807, 2.05) is 32.0 Å². The molecule has 2 N–H and O–H groups in total. The van der Waals surface area contributed by atoms with Crippen molar-refractivity contribution in [3.8, 4) is 17.1 Å². The smallest absolute Gasteiger partial charge is 0.231 e. The van der Waals surface area contributed by atoms with Crippen LogP contribution in [0.1, 0.15) is 32.1 Å². The molecule has 1 heterocycles. The molecule has 2 atom stereocenters. The Kier molecular flexibility index (Phi) is 4.77. The Hall–Kier alpha value is -1.40. The molecule has 0 aliphatic heterocycles. The van der Waals surface area contributed by atoms with Crippen molar-refractivity contribution in [2.75, 3.05) is 7.11 Å². The maximum Gasteiger partial charge on any atom is 0.231 e. The quantitative estimate of drug-likeness (QED) is 0.903. The third-order valence-electron chi connectivity index (χ3n) is 3.35. The van der Waals surface area contributed by atoms with E-state index in [-0.39, 0.29) is 12.0 Å². The van der Waals surface area contributed by atoms with Crippen LogP contribution in [-0.4, -0.2) is 23.3 Å². The third kappa shape index (κ3) is 3.02. The Balaban J connectivity index is 2.26. The van der Waals surface area contributed by atoms with E-state index in [1.165, 1.54) is 0 Å². The Morgan fingerprint density at radius 3 is 2.80 bits per heavy atom. The molecule has 20 heavy (non-hydrogen) atoms. The summed E-state index contributed by atoms with van der Waals surface area (Å²) in [5, 5.41) is 4.02. The first-order valence-corrected chi connectivity index (χ1v) is 7.29. The lowest BCUT2D eigenvalue weighted by atomic mass is 10.0. The van der Waals surface area contributed by atoms with Gasteiger partial charge in [0.05, 0.1) is 17.5 Å². The summed E-state index contributed by atoms with van der Waals surface area (Å²) >= 11 is 3.44. The van der Waals surface area contributed by atoms with Crippen LogP contribution in [-0.2, 0) is 0 Å². The molecule has 0 aliphatic carbocycles. The molecule has 0 spiro atoms. The van der Waals surface area contributed by atoms with E-state index in [4.69, 9.17) is 15.0 Å². The SMILES string of the molecule is CCC(N)C(C)c1nc(-c2ccc(OC)c(Br)c2)no1. The molecule has 0 aliphatic rings. The highest BCUT2D eigenvalue weighted by Gasteiger charge is 2.20. The maximum atomic E-state index is 6.01. The van der Waals surface area contributed by atoms with Crippen LogP contribution in [0.15, 0.2) is 27.2 Å². The van der Waals surface area contributed by atoms with Crippen molar-refractivity contribution in [1.29, 1.82) is 0 Å². The zero-order valence-corrected chi connectivity index (χ0v) is 13.3. The lowest BCUT2D eigenvalue weighted by Gasteiger charge is -2.13. The van der Waals surface area contributed by atoms with Crippen molar-refractivity contribution >= 4 is 15.9 Å². The standard InChI is InChI=1S/C14H18BrN3O2/c1-4-11(16)8(2)14-17-13(18-20-14)9-5-6-12(19-3)10(15)7-9/h5-8,11H,4,16H2,1-3H3. The van der Waals surface area contributed by atoms with Crippen LogP contribution >= 0.6 is 15.9 Å². The van der Waals surface area contributed by atoms with E-state index in [1.54, 1.807) is 7.11 Å². The summed E-state index contributed by atoms with van der Waals surface area (Å²) in [5.41, 5.74) is 6.87. The van der Waals surface area contributed by atoms with Gasteiger partial charge in [0, 0.05) is 11.6 Å². The molecule has 6 heteroatoms. The number of rotatable bonds is 5. The Morgan fingerprint density at radius 2 is 2.20 bits per heavy atom. The average Bonchev–Trinajstić information content (AvgIpc) is 2.95. The van der Waals surface area contributed by atoms with Crippen LogP contribution in [0, 0.1) is 0 Å². The van der Waals surface area contributed by atoms with E-state index < -0.39 is 0 Å². The van der Waals surface area contributed by atoms with Crippen LogP contribution in [0.2, 0.25) is 0 Å². The van der Waals surface area contributed by atoms with E-state index in [0.29, 0.717) is 11.7 Å². The molecule has 0 fully saturated rings. The maximum absolute atomic E-state index is 6.01. The molecule has 5 nitrogen and oxygen atoms in total. The molecule has 1 aromatic heterocycles. The van der Waals surface area contributed by atoms with Crippen molar-refractivity contribution < 1.29 is 9.26 Å². The van der Waals surface area contributed by atoms with E-state index in [2.05, 4.69) is 26.1 Å². The van der Waals surface area contributed by atoms with Gasteiger partial charge in [0.2, 0.25) is 11.7 Å². The van der Waals surface area contributed by atoms with Crippen molar-refractivity contribution in [1.82, 2.24) is 10.1 Å². The zero-order valence-electron chi connectivity index (χ0n) is 11.8. The molecular weight excluding hydrogens is 322 g/mol. The number of benzene rings is 1. The van der Waals surface area contributed by atoms with Gasteiger partial charge in [0.25, 0.3) is 0 Å². The van der Waals surface area contributed by atoms with Crippen LogP contribution in [0.3, 0.4) is 0 Å². The molecule has 0 amide bonds. The highest BCUT2D eigenvalue weighted by molar-refractivity contribution is 9.10. The topological polar surface area (TPSA) is 74.2 Å². The lowest BCUT2D eigenvalue weighted by Crippen LogP contribution is -2.25. The number of nitrogens with two attached hydrogens (primary N) is 1. The van der Waals surface area contributed by atoms with Gasteiger partial charge in [0.1, 0.15) is 5.75 Å². The molecule has 0 saturated carbocycles. The Bertz CT molecular complexity index is 586. The van der Waals surface area contributed by atoms with Crippen LogP contribution < -0.4 is 10.5 Å². The number of hydrogen-bond donors (Lipinski definition) is 1. The second-order valence-electron chi connectivity index (χ2n) is 4.67. The number of ether oxygens (including phenoxy) is 1. The van der Waals surface area contributed by atoms with Gasteiger partial charge < -0.3 is 15.0 Å². The molecule has 1 aromatic carbocycles. The fourth-order valence-corrected chi connectivity index (χ4v) is 2.42. The molecule has 0 bridgehead atoms. The Labute approximate surface area is 126 Å². The summed E-state index contributed by atoms with van der Waals surface area (Å²) < 4.78 is 11.4. The first-order chi connectivity index (χ1) is 9.56. The highest BCUT2D eigenvalue weighted by atomic mass is 79.9. The molecule has 2 unspecified atom stereocenters. The number of aromatic nitrogens is 2. The minimum absolute atomic E-state index is 0.0194. The van der Waals surface area contributed by atoms with Crippen molar-refractivity contribution in [3.63, 3.8) is 0 Å². The number of hydrogen-bond acceptors (Lipinski definition) is 5. The monoisotopic (exact) mass is 339 g/mol. The highest BCUT2D eigenvalue weighted by Crippen LogP contribution is 2.30. The molecule has 0 saturated heterocycles. The molecule has 2 aromatic rings. The minimum atomic E-state index is 0.0194. The first kappa shape index (κ1) is 15.0. The third-order valence-corrected chi connectivity index (χ3v) is 3.97. The largest absolute Gasteiger partial charge is 0.496 e. The molecular formula is C14H18BrN3O2. The van der Waals surface area contributed by atoms with Crippen molar-refractivity contribution in [3.05, 3.63) is 28.6 Å². The average molecular weight is 340 g/mol. The molecule has 108 valence electrons. The van der Waals surface area contributed by atoms with Gasteiger partial charge in [-0.25, -0.2) is 0 Å². The number of halogens is 1. The van der Waals surface area contributed by atoms with Gasteiger partial charge in [0.15, 0.2) is 0 Å².